The van der Waals surface area contributed by atoms with Crippen LogP contribution in [0.25, 0.3) is 0 Å². The molecule has 0 fully saturated rings. The average molecular weight is 278 g/mol. The Morgan fingerprint density at radius 2 is 2.35 bits per heavy atom. The number of ether oxygens (including phenoxy) is 2. The molecule has 20 heavy (non-hydrogen) atoms. The Kier molecular flexibility index (Phi) is 5.68. The Labute approximate surface area is 119 Å². The fourth-order valence-corrected chi connectivity index (χ4v) is 2.25. The Bertz CT molecular complexity index is 449. The van der Waals surface area contributed by atoms with Crippen molar-refractivity contribution in [2.24, 2.45) is 0 Å². The van der Waals surface area contributed by atoms with Crippen molar-refractivity contribution < 1.29 is 14.3 Å². The van der Waals surface area contributed by atoms with Crippen molar-refractivity contribution in [3.63, 3.8) is 0 Å². The summed E-state index contributed by atoms with van der Waals surface area (Å²) in [4.78, 5) is 11.7. The quantitative estimate of drug-likeness (QED) is 0.743. The van der Waals surface area contributed by atoms with Crippen LogP contribution < -0.4 is 15.4 Å². The van der Waals surface area contributed by atoms with Crippen LogP contribution in [-0.4, -0.2) is 39.3 Å². The van der Waals surface area contributed by atoms with Gasteiger partial charge in [0, 0.05) is 38.1 Å². The van der Waals surface area contributed by atoms with Gasteiger partial charge in [-0.2, -0.15) is 0 Å². The predicted octanol–water partition coefficient (Wildman–Crippen LogP) is 1.58. The van der Waals surface area contributed by atoms with Crippen molar-refractivity contribution >= 4 is 11.6 Å². The predicted molar refractivity (Wildman–Crippen MR) is 78.3 cm³/mol. The van der Waals surface area contributed by atoms with Crippen LogP contribution in [0.3, 0.4) is 0 Å². The molecule has 0 bridgehead atoms. The van der Waals surface area contributed by atoms with Gasteiger partial charge in [0.2, 0.25) is 0 Å². The van der Waals surface area contributed by atoms with Gasteiger partial charge in [-0.05, 0) is 31.4 Å². The van der Waals surface area contributed by atoms with E-state index in [0.717, 1.165) is 37.2 Å². The van der Waals surface area contributed by atoms with Crippen LogP contribution in [-0.2, 0) is 16.0 Å². The van der Waals surface area contributed by atoms with Gasteiger partial charge >= 0.3 is 0 Å². The summed E-state index contributed by atoms with van der Waals surface area (Å²) in [5.41, 5.74) is 2.29. The van der Waals surface area contributed by atoms with Crippen molar-refractivity contribution in [1.82, 2.24) is 5.32 Å². The maximum atomic E-state index is 11.7. The fraction of sp³-hybridized carbons (Fsp3) is 0.533. The molecule has 0 saturated carbocycles. The highest BCUT2D eigenvalue weighted by Crippen LogP contribution is 2.30. The van der Waals surface area contributed by atoms with Crippen molar-refractivity contribution in [2.75, 3.05) is 38.7 Å². The minimum Gasteiger partial charge on any atom is -0.483 e. The van der Waals surface area contributed by atoms with Gasteiger partial charge in [0.1, 0.15) is 5.75 Å². The van der Waals surface area contributed by atoms with E-state index in [4.69, 9.17) is 9.47 Å². The number of rotatable bonds is 7. The highest BCUT2D eigenvalue weighted by Gasteiger charge is 2.14. The van der Waals surface area contributed by atoms with Crippen LogP contribution in [0.5, 0.6) is 5.75 Å². The molecule has 1 aliphatic heterocycles. The van der Waals surface area contributed by atoms with E-state index >= 15 is 0 Å². The topological polar surface area (TPSA) is 59.6 Å². The third-order valence-corrected chi connectivity index (χ3v) is 3.26. The molecule has 110 valence electrons. The van der Waals surface area contributed by atoms with Gasteiger partial charge in [-0.15, -0.1) is 0 Å². The molecule has 0 radical (unpaired) electrons. The van der Waals surface area contributed by atoms with Crippen molar-refractivity contribution in [2.45, 2.75) is 19.3 Å². The molecule has 1 aromatic rings. The number of nitrogens with one attached hydrogen (secondary N) is 2. The summed E-state index contributed by atoms with van der Waals surface area (Å²) in [6.07, 6.45) is 2.90. The second-order valence-corrected chi connectivity index (χ2v) is 4.80. The standard InChI is InChI=1S/C15H22N2O3/c1-19-10-4-9-17-15(18)11-20-14-7-2-6-13-12(14)5-3-8-16-13/h2,6-7,16H,3-5,8-11H2,1H3,(H,17,18). The van der Waals surface area contributed by atoms with Crippen LogP contribution in [0.4, 0.5) is 5.69 Å². The monoisotopic (exact) mass is 278 g/mol. The number of carbonyl (C=O) groups excluding carboxylic acids is 1. The molecule has 1 aromatic carbocycles. The third-order valence-electron chi connectivity index (χ3n) is 3.26. The second kappa shape index (κ2) is 7.75. The average Bonchev–Trinajstić information content (AvgIpc) is 2.49. The Morgan fingerprint density at radius 1 is 1.45 bits per heavy atom. The Morgan fingerprint density at radius 3 is 3.20 bits per heavy atom. The van der Waals surface area contributed by atoms with Crippen molar-refractivity contribution in [1.29, 1.82) is 0 Å². The lowest BCUT2D eigenvalue weighted by molar-refractivity contribution is -0.123. The molecule has 1 heterocycles. The van der Waals surface area contributed by atoms with Crippen LogP contribution in [0.15, 0.2) is 18.2 Å². The molecule has 5 nitrogen and oxygen atoms in total. The van der Waals surface area contributed by atoms with Gasteiger partial charge in [0.15, 0.2) is 6.61 Å². The largest absolute Gasteiger partial charge is 0.483 e. The summed E-state index contributed by atoms with van der Waals surface area (Å²) in [7, 11) is 1.65. The lowest BCUT2D eigenvalue weighted by Gasteiger charge is -2.20. The number of anilines is 1. The van der Waals surface area contributed by atoms with Gasteiger partial charge in [0.25, 0.3) is 5.91 Å². The molecule has 5 heteroatoms. The molecule has 2 rings (SSSR count). The molecule has 2 N–H and O–H groups in total. The lowest BCUT2D eigenvalue weighted by Crippen LogP contribution is -2.30. The summed E-state index contributed by atoms with van der Waals surface area (Å²) in [5.74, 6) is 0.712. The molecule has 0 saturated heterocycles. The molecule has 1 aliphatic rings. The van der Waals surface area contributed by atoms with Gasteiger partial charge in [-0.3, -0.25) is 4.79 Å². The Balaban J connectivity index is 1.80. The molecule has 0 aromatic heterocycles. The molecule has 0 unspecified atom stereocenters. The van der Waals surface area contributed by atoms with Crippen molar-refractivity contribution in [3.8, 4) is 5.75 Å². The van der Waals surface area contributed by atoms with Crippen LogP contribution in [0, 0.1) is 0 Å². The van der Waals surface area contributed by atoms with Gasteiger partial charge in [-0.1, -0.05) is 6.07 Å². The molecule has 1 amide bonds. The number of methoxy groups -OCH3 is 1. The normalized spacial score (nSPS) is 13.2. The minimum atomic E-state index is -0.0949. The number of benzene rings is 1. The molecular formula is C15H22N2O3. The van der Waals surface area contributed by atoms with Crippen LogP contribution in [0.1, 0.15) is 18.4 Å². The summed E-state index contributed by atoms with van der Waals surface area (Å²) < 4.78 is 10.6. The minimum absolute atomic E-state index is 0.0590. The van der Waals surface area contributed by atoms with Gasteiger partial charge < -0.3 is 20.1 Å². The SMILES string of the molecule is COCCCNC(=O)COc1cccc2c1CCCN2. The first-order chi connectivity index (χ1) is 9.81. The maximum Gasteiger partial charge on any atom is 0.257 e. The fourth-order valence-electron chi connectivity index (χ4n) is 2.25. The number of amides is 1. The van der Waals surface area contributed by atoms with E-state index in [1.165, 1.54) is 5.56 Å². The molecule has 0 aliphatic carbocycles. The lowest BCUT2D eigenvalue weighted by atomic mass is 10.0. The highest BCUT2D eigenvalue weighted by molar-refractivity contribution is 5.77. The number of fused-ring (bicyclic) bond motifs is 1. The van der Waals surface area contributed by atoms with Gasteiger partial charge in [-0.25, -0.2) is 0 Å². The summed E-state index contributed by atoms with van der Waals surface area (Å²) in [6, 6.07) is 5.92. The first kappa shape index (κ1) is 14.7. The third kappa shape index (κ3) is 4.13. The highest BCUT2D eigenvalue weighted by atomic mass is 16.5. The molecular weight excluding hydrogens is 256 g/mol. The van der Waals surface area contributed by atoms with E-state index in [9.17, 15) is 4.79 Å². The van der Waals surface area contributed by atoms with Gasteiger partial charge in [0.05, 0.1) is 0 Å². The smallest absolute Gasteiger partial charge is 0.257 e. The molecule has 0 atom stereocenters. The summed E-state index contributed by atoms with van der Waals surface area (Å²) in [5, 5.41) is 6.15. The van der Waals surface area contributed by atoms with E-state index in [1.807, 2.05) is 18.2 Å². The maximum absolute atomic E-state index is 11.7. The summed E-state index contributed by atoms with van der Waals surface area (Å²) >= 11 is 0. The number of carbonyl (C=O) groups is 1. The van der Waals surface area contributed by atoms with Crippen molar-refractivity contribution in [3.05, 3.63) is 23.8 Å². The Hall–Kier alpha value is -1.75. The zero-order valence-electron chi connectivity index (χ0n) is 11.9. The first-order valence-corrected chi connectivity index (χ1v) is 7.05. The van der Waals surface area contributed by atoms with E-state index in [1.54, 1.807) is 7.11 Å². The van der Waals surface area contributed by atoms with Crippen LogP contribution in [0.2, 0.25) is 0 Å². The van der Waals surface area contributed by atoms with Crippen LogP contribution >= 0.6 is 0 Å². The van der Waals surface area contributed by atoms with E-state index < -0.39 is 0 Å². The summed E-state index contributed by atoms with van der Waals surface area (Å²) in [6.45, 7) is 2.32. The van der Waals surface area contributed by atoms with E-state index in [0.29, 0.717) is 13.2 Å². The number of hydrogen-bond acceptors (Lipinski definition) is 4. The molecule has 0 spiro atoms. The zero-order chi connectivity index (χ0) is 14.2. The first-order valence-electron chi connectivity index (χ1n) is 7.05. The van der Waals surface area contributed by atoms with E-state index in [-0.39, 0.29) is 12.5 Å². The zero-order valence-corrected chi connectivity index (χ0v) is 11.9. The number of hydrogen-bond donors (Lipinski definition) is 2. The van der Waals surface area contributed by atoms with E-state index in [2.05, 4.69) is 10.6 Å². The second-order valence-electron chi connectivity index (χ2n) is 4.80.